The Bertz CT molecular complexity index is 133. The first-order valence-electron chi connectivity index (χ1n) is 3.11. The highest BCUT2D eigenvalue weighted by molar-refractivity contribution is 7.33. The van der Waals surface area contributed by atoms with E-state index >= 15 is 0 Å². The van der Waals surface area contributed by atoms with Crippen LogP contribution in [0.3, 0.4) is 0 Å². The van der Waals surface area contributed by atoms with Crippen LogP contribution in [0.2, 0.25) is 0 Å². The van der Waals surface area contributed by atoms with E-state index in [0.29, 0.717) is 6.42 Å². The van der Waals surface area contributed by atoms with Gasteiger partial charge in [-0.25, -0.2) is 0 Å². The van der Waals surface area contributed by atoms with Crippen molar-refractivity contribution in [3.8, 4) is 0 Å². The van der Waals surface area contributed by atoms with Crippen molar-refractivity contribution in [2.75, 3.05) is 13.8 Å². The topological polar surface area (TPSA) is 64.6 Å². The Morgan fingerprint density at radius 1 is 1.64 bits per heavy atom. The van der Waals surface area contributed by atoms with Crippen molar-refractivity contribution in [3.05, 3.63) is 0 Å². The van der Waals surface area contributed by atoms with Crippen LogP contribution < -0.4 is 5.32 Å². The molecule has 0 spiro atoms. The van der Waals surface area contributed by atoms with Gasteiger partial charge in [0.25, 0.3) is 0 Å². The number of amides is 1. The number of hydrogen-bond donors (Lipinski definition) is 1. The molecular formula is C5H11NO4P+. The van der Waals surface area contributed by atoms with Crippen molar-refractivity contribution in [2.24, 2.45) is 0 Å². The van der Waals surface area contributed by atoms with Crippen LogP contribution in [0.4, 0.5) is 0 Å². The van der Waals surface area contributed by atoms with Crippen molar-refractivity contribution in [1.82, 2.24) is 5.32 Å². The van der Waals surface area contributed by atoms with Crippen molar-refractivity contribution in [2.45, 2.75) is 13.3 Å². The minimum absolute atomic E-state index is 0.0737. The highest BCUT2D eigenvalue weighted by Gasteiger charge is 2.16. The van der Waals surface area contributed by atoms with Gasteiger partial charge in [-0.15, -0.1) is 4.52 Å². The Morgan fingerprint density at radius 2 is 2.27 bits per heavy atom. The molecule has 6 heteroatoms. The molecule has 0 bridgehead atoms. The van der Waals surface area contributed by atoms with Crippen LogP contribution in [0.1, 0.15) is 13.3 Å². The Balaban J connectivity index is 3.27. The summed E-state index contributed by atoms with van der Waals surface area (Å²) in [5.41, 5.74) is 0. The second-order valence-corrected chi connectivity index (χ2v) is 2.70. The number of nitrogens with one attached hydrogen (secondary N) is 1. The molecule has 0 aromatic rings. The predicted molar refractivity (Wildman–Crippen MR) is 39.0 cm³/mol. The molecule has 64 valence electrons. The summed E-state index contributed by atoms with van der Waals surface area (Å²) in [4.78, 5) is 10.6. The van der Waals surface area contributed by atoms with Gasteiger partial charge >= 0.3 is 8.25 Å². The Labute approximate surface area is 66.0 Å². The lowest BCUT2D eigenvalue weighted by Crippen LogP contribution is -2.23. The molecule has 11 heavy (non-hydrogen) atoms. The molecule has 0 saturated carbocycles. The van der Waals surface area contributed by atoms with Gasteiger partial charge in [0, 0.05) is 11.0 Å². The summed E-state index contributed by atoms with van der Waals surface area (Å²) in [5.74, 6) is -0.149. The molecule has 5 nitrogen and oxygen atoms in total. The van der Waals surface area contributed by atoms with Gasteiger partial charge in [0.05, 0.1) is 7.11 Å². The Morgan fingerprint density at radius 3 is 2.73 bits per heavy atom. The summed E-state index contributed by atoms with van der Waals surface area (Å²) in [6.07, 6.45) is 0.382. The van der Waals surface area contributed by atoms with Crippen molar-refractivity contribution >= 4 is 14.2 Å². The fourth-order valence-corrected chi connectivity index (χ4v) is 0.619. The summed E-state index contributed by atoms with van der Waals surface area (Å²) in [7, 11) is -0.815. The van der Waals surface area contributed by atoms with Gasteiger partial charge in [-0.2, -0.15) is 0 Å². The zero-order valence-electron chi connectivity index (χ0n) is 6.49. The van der Waals surface area contributed by atoms with E-state index in [1.807, 2.05) is 0 Å². The maximum Gasteiger partial charge on any atom is 0.698 e. The highest BCUT2D eigenvalue weighted by Crippen LogP contribution is 2.19. The number of hydrogen-bond acceptors (Lipinski definition) is 4. The van der Waals surface area contributed by atoms with Gasteiger partial charge in [-0.1, -0.05) is 11.4 Å². The first-order valence-corrected chi connectivity index (χ1v) is 4.21. The predicted octanol–water partition coefficient (Wildman–Crippen LogP) is 0.790. The van der Waals surface area contributed by atoms with E-state index in [0.717, 1.165) is 0 Å². The summed E-state index contributed by atoms with van der Waals surface area (Å²) in [6, 6.07) is 0. The normalized spacial score (nSPS) is 10.9. The summed E-state index contributed by atoms with van der Waals surface area (Å²) in [6.45, 7) is 1.64. The molecule has 0 aromatic heterocycles. The fraction of sp³-hybridized carbons (Fsp3) is 0.800. The average molecular weight is 180 g/mol. The fourth-order valence-electron chi connectivity index (χ4n) is 0.343. The molecule has 0 heterocycles. The third kappa shape index (κ3) is 5.91. The molecular weight excluding hydrogens is 169 g/mol. The zero-order chi connectivity index (χ0) is 8.69. The molecule has 0 fully saturated rings. The first-order chi connectivity index (χ1) is 5.20. The van der Waals surface area contributed by atoms with Crippen LogP contribution in [0, 0.1) is 0 Å². The second-order valence-electron chi connectivity index (χ2n) is 1.63. The number of carbonyl (C=O) groups is 1. The van der Waals surface area contributed by atoms with E-state index in [-0.39, 0.29) is 12.6 Å². The number of rotatable bonds is 5. The molecule has 0 rings (SSSR count). The second kappa shape index (κ2) is 6.22. The zero-order valence-corrected chi connectivity index (χ0v) is 7.39. The highest BCUT2D eigenvalue weighted by atomic mass is 31.1. The maximum absolute atomic E-state index is 10.6. The van der Waals surface area contributed by atoms with Gasteiger partial charge in [-0.05, 0) is 0 Å². The molecule has 1 unspecified atom stereocenters. The average Bonchev–Trinajstić information content (AvgIpc) is 2.04. The third-order valence-corrected chi connectivity index (χ3v) is 1.55. The molecule has 0 saturated heterocycles. The third-order valence-electron chi connectivity index (χ3n) is 0.909. The van der Waals surface area contributed by atoms with Gasteiger partial charge in [-0.3, -0.25) is 4.79 Å². The molecule has 0 aliphatic carbocycles. The van der Waals surface area contributed by atoms with Crippen molar-refractivity contribution in [3.63, 3.8) is 0 Å². The van der Waals surface area contributed by atoms with Crippen molar-refractivity contribution in [1.29, 1.82) is 0 Å². The lowest BCUT2D eigenvalue weighted by molar-refractivity contribution is -0.121. The minimum atomic E-state index is -2.08. The van der Waals surface area contributed by atoms with Crippen LogP contribution in [0.5, 0.6) is 0 Å². The van der Waals surface area contributed by atoms with E-state index in [1.54, 1.807) is 6.92 Å². The van der Waals surface area contributed by atoms with Gasteiger partial charge in [0.15, 0.2) is 6.73 Å². The van der Waals surface area contributed by atoms with Crippen LogP contribution in [-0.4, -0.2) is 19.7 Å². The summed E-state index contributed by atoms with van der Waals surface area (Å²) < 4.78 is 19.3. The van der Waals surface area contributed by atoms with Crippen LogP contribution in [-0.2, 0) is 18.4 Å². The largest absolute Gasteiger partial charge is 0.698 e. The van der Waals surface area contributed by atoms with E-state index in [4.69, 9.17) is 0 Å². The summed E-state index contributed by atoms with van der Waals surface area (Å²) >= 11 is 0. The van der Waals surface area contributed by atoms with Gasteiger partial charge < -0.3 is 5.32 Å². The molecule has 1 N–H and O–H groups in total. The monoisotopic (exact) mass is 180 g/mol. The summed E-state index contributed by atoms with van der Waals surface area (Å²) in [5, 5.41) is 2.37. The Hall–Kier alpha value is -0.510. The van der Waals surface area contributed by atoms with Crippen LogP contribution in [0.15, 0.2) is 0 Å². The molecule has 1 amide bonds. The minimum Gasteiger partial charge on any atom is -0.329 e. The van der Waals surface area contributed by atoms with E-state index in [2.05, 4.69) is 14.4 Å². The molecule has 0 radical (unpaired) electrons. The molecule has 1 atom stereocenters. The van der Waals surface area contributed by atoms with E-state index < -0.39 is 8.25 Å². The maximum atomic E-state index is 10.6. The molecule has 0 aliphatic rings. The van der Waals surface area contributed by atoms with Gasteiger partial charge in [0.2, 0.25) is 5.91 Å². The SMILES string of the molecule is CCC(=O)NCO[P+](=O)OC. The molecule has 0 aliphatic heterocycles. The van der Waals surface area contributed by atoms with Crippen molar-refractivity contribution < 1.29 is 18.4 Å². The van der Waals surface area contributed by atoms with Crippen LogP contribution >= 0.6 is 8.25 Å². The smallest absolute Gasteiger partial charge is 0.329 e. The lowest BCUT2D eigenvalue weighted by atomic mass is 10.5. The quantitative estimate of drug-likeness (QED) is 0.501. The standard InChI is InChI=1S/C5H10NO4P/c1-3-5(7)6-4-10-11(8)9-2/h3-4H2,1-2H3/p+1. The number of carbonyl (C=O) groups excluding carboxylic acids is 1. The lowest BCUT2D eigenvalue weighted by Gasteiger charge is -1.94. The Kier molecular flexibility index (Phi) is 5.93. The molecule has 0 aromatic carbocycles. The first kappa shape index (κ1) is 10.5. The van der Waals surface area contributed by atoms with E-state index in [1.165, 1.54) is 7.11 Å². The van der Waals surface area contributed by atoms with Gasteiger partial charge in [0.1, 0.15) is 0 Å². The van der Waals surface area contributed by atoms with Crippen LogP contribution in [0.25, 0.3) is 0 Å². The van der Waals surface area contributed by atoms with E-state index in [9.17, 15) is 9.36 Å².